The lowest BCUT2D eigenvalue weighted by molar-refractivity contribution is -0.119. The Morgan fingerprint density at radius 1 is 1.33 bits per heavy atom. The fourth-order valence-electron chi connectivity index (χ4n) is 2.43. The van der Waals surface area contributed by atoms with Crippen molar-refractivity contribution in [1.82, 2.24) is 10.2 Å². The first-order chi connectivity index (χ1) is 9.99. The Balaban J connectivity index is 2.23. The van der Waals surface area contributed by atoms with Crippen LogP contribution in [0.2, 0.25) is 0 Å². The number of hydrogen-bond donors (Lipinski definition) is 2. The first-order valence-corrected chi connectivity index (χ1v) is 6.74. The quantitative estimate of drug-likeness (QED) is 0.856. The maximum Gasteiger partial charge on any atom is 0.254 e. The second-order valence-corrected chi connectivity index (χ2v) is 5.03. The van der Waals surface area contributed by atoms with Crippen molar-refractivity contribution >= 4 is 11.8 Å². The van der Waals surface area contributed by atoms with Crippen LogP contribution in [0.15, 0.2) is 18.2 Å². The van der Waals surface area contributed by atoms with Crippen LogP contribution in [0.3, 0.4) is 0 Å². The van der Waals surface area contributed by atoms with Gasteiger partial charge in [0.05, 0.1) is 6.54 Å². The van der Waals surface area contributed by atoms with Crippen LogP contribution < -0.4 is 11.1 Å². The molecular weight excluding hydrogens is 280 g/mol. The molecule has 3 N–H and O–H groups in total. The van der Waals surface area contributed by atoms with Crippen molar-refractivity contribution in [3.8, 4) is 0 Å². The predicted octanol–water partition coefficient (Wildman–Crippen LogP) is 0.644. The van der Waals surface area contributed by atoms with Crippen LogP contribution in [0.4, 0.5) is 8.78 Å². The Kier molecular flexibility index (Phi) is 4.85. The van der Waals surface area contributed by atoms with Gasteiger partial charge < -0.3 is 16.0 Å². The summed E-state index contributed by atoms with van der Waals surface area (Å²) in [4.78, 5) is 24.9. The van der Waals surface area contributed by atoms with Gasteiger partial charge in [0.2, 0.25) is 5.91 Å². The Morgan fingerprint density at radius 2 is 2.10 bits per heavy atom. The van der Waals surface area contributed by atoms with E-state index in [1.54, 1.807) is 0 Å². The van der Waals surface area contributed by atoms with Crippen LogP contribution in [-0.2, 0) is 4.79 Å². The number of nitrogens with two attached hydrogens (primary N) is 1. The lowest BCUT2D eigenvalue weighted by Gasteiger charge is -2.34. The maximum absolute atomic E-state index is 13.3. The standard InChI is InChI=1S/C14H17F2N3O2/c15-11-4-3-9(6-12(11)16)14(21)19(8-13(17)20)10-2-1-5-18-7-10/h3-4,6,10,18H,1-2,5,7-8H2,(H2,17,20). The Bertz CT molecular complexity index is 545. The molecule has 1 aliphatic heterocycles. The normalized spacial score (nSPS) is 18.3. The summed E-state index contributed by atoms with van der Waals surface area (Å²) in [7, 11) is 0. The summed E-state index contributed by atoms with van der Waals surface area (Å²) in [6.45, 7) is 1.15. The van der Waals surface area contributed by atoms with Crippen LogP contribution in [0, 0.1) is 11.6 Å². The molecular formula is C14H17F2N3O2. The monoisotopic (exact) mass is 297 g/mol. The van der Waals surface area contributed by atoms with Gasteiger partial charge in [0, 0.05) is 18.2 Å². The number of nitrogens with zero attached hydrogens (tertiary/aromatic N) is 1. The molecule has 1 aromatic carbocycles. The van der Waals surface area contributed by atoms with E-state index < -0.39 is 23.4 Å². The topological polar surface area (TPSA) is 75.4 Å². The number of halogens is 2. The molecule has 2 rings (SSSR count). The summed E-state index contributed by atoms with van der Waals surface area (Å²) in [5.74, 6) is -3.29. The lowest BCUT2D eigenvalue weighted by atomic mass is 10.0. The first kappa shape index (κ1) is 15.4. The SMILES string of the molecule is NC(=O)CN(C(=O)c1ccc(F)c(F)c1)C1CCCNC1. The third-order valence-electron chi connectivity index (χ3n) is 3.47. The molecule has 0 spiro atoms. The molecule has 0 bridgehead atoms. The highest BCUT2D eigenvalue weighted by Gasteiger charge is 2.27. The Hall–Kier alpha value is -2.02. The highest BCUT2D eigenvalue weighted by Crippen LogP contribution is 2.16. The second-order valence-electron chi connectivity index (χ2n) is 5.03. The minimum atomic E-state index is -1.10. The molecule has 1 aliphatic rings. The molecule has 1 atom stereocenters. The zero-order chi connectivity index (χ0) is 15.4. The van der Waals surface area contributed by atoms with Crippen molar-refractivity contribution < 1.29 is 18.4 Å². The van der Waals surface area contributed by atoms with Gasteiger partial charge in [-0.25, -0.2) is 8.78 Å². The van der Waals surface area contributed by atoms with E-state index in [0.29, 0.717) is 6.54 Å². The van der Waals surface area contributed by atoms with E-state index in [4.69, 9.17) is 5.73 Å². The number of benzene rings is 1. The van der Waals surface area contributed by atoms with E-state index in [1.807, 2.05) is 0 Å². The van der Waals surface area contributed by atoms with Crippen molar-refractivity contribution in [1.29, 1.82) is 0 Å². The second kappa shape index (κ2) is 6.62. The van der Waals surface area contributed by atoms with Crippen molar-refractivity contribution in [2.45, 2.75) is 18.9 Å². The highest BCUT2D eigenvalue weighted by molar-refractivity contribution is 5.96. The molecule has 1 fully saturated rings. The van der Waals surface area contributed by atoms with Crippen LogP contribution >= 0.6 is 0 Å². The molecule has 114 valence electrons. The minimum absolute atomic E-state index is 0.000670. The van der Waals surface area contributed by atoms with Crippen LogP contribution in [0.5, 0.6) is 0 Å². The average molecular weight is 297 g/mol. The predicted molar refractivity (Wildman–Crippen MR) is 72.5 cm³/mol. The molecule has 1 unspecified atom stereocenters. The fourth-order valence-corrected chi connectivity index (χ4v) is 2.43. The number of carbonyl (C=O) groups excluding carboxylic acids is 2. The summed E-state index contributed by atoms with van der Waals surface area (Å²) in [6.07, 6.45) is 1.60. The third kappa shape index (κ3) is 3.75. The molecule has 1 heterocycles. The number of primary amides is 1. The molecule has 5 nitrogen and oxygen atoms in total. The van der Waals surface area contributed by atoms with Crippen LogP contribution in [0.25, 0.3) is 0 Å². The van der Waals surface area contributed by atoms with Gasteiger partial charge in [0.1, 0.15) is 0 Å². The van der Waals surface area contributed by atoms with Crippen molar-refractivity contribution in [3.63, 3.8) is 0 Å². The van der Waals surface area contributed by atoms with Crippen molar-refractivity contribution in [2.24, 2.45) is 5.73 Å². The number of nitrogens with one attached hydrogen (secondary N) is 1. The summed E-state index contributed by atoms with van der Waals surface area (Å²) in [5.41, 5.74) is 5.18. The van der Waals surface area contributed by atoms with E-state index >= 15 is 0 Å². The van der Waals surface area contributed by atoms with E-state index in [2.05, 4.69) is 5.32 Å². The van der Waals surface area contributed by atoms with Crippen LogP contribution in [-0.4, -0.2) is 42.4 Å². The van der Waals surface area contributed by atoms with Gasteiger partial charge in [0.25, 0.3) is 5.91 Å². The summed E-state index contributed by atoms with van der Waals surface area (Å²) < 4.78 is 26.2. The molecule has 21 heavy (non-hydrogen) atoms. The molecule has 1 saturated heterocycles. The van der Waals surface area contributed by atoms with E-state index in [1.165, 1.54) is 11.0 Å². The summed E-state index contributed by atoms with van der Waals surface area (Å²) >= 11 is 0. The van der Waals surface area contributed by atoms with Gasteiger partial charge in [0.15, 0.2) is 11.6 Å². The minimum Gasteiger partial charge on any atom is -0.368 e. The highest BCUT2D eigenvalue weighted by atomic mass is 19.2. The van der Waals surface area contributed by atoms with E-state index in [-0.39, 0.29) is 18.2 Å². The van der Waals surface area contributed by atoms with Gasteiger partial charge in [-0.05, 0) is 37.6 Å². The maximum atomic E-state index is 13.3. The first-order valence-electron chi connectivity index (χ1n) is 6.74. The molecule has 0 saturated carbocycles. The molecule has 1 aromatic rings. The van der Waals surface area contributed by atoms with Crippen molar-refractivity contribution in [3.05, 3.63) is 35.4 Å². The van der Waals surface area contributed by atoms with E-state index in [9.17, 15) is 18.4 Å². The zero-order valence-electron chi connectivity index (χ0n) is 11.4. The molecule has 0 radical (unpaired) electrons. The third-order valence-corrected chi connectivity index (χ3v) is 3.47. The van der Waals surface area contributed by atoms with Gasteiger partial charge in [-0.3, -0.25) is 9.59 Å². The fraction of sp³-hybridized carbons (Fsp3) is 0.429. The lowest BCUT2D eigenvalue weighted by Crippen LogP contribution is -2.51. The number of hydrogen-bond acceptors (Lipinski definition) is 3. The van der Waals surface area contributed by atoms with Crippen molar-refractivity contribution in [2.75, 3.05) is 19.6 Å². The average Bonchev–Trinajstić information content (AvgIpc) is 2.47. The van der Waals surface area contributed by atoms with Gasteiger partial charge in [-0.2, -0.15) is 0 Å². The summed E-state index contributed by atoms with van der Waals surface area (Å²) in [6, 6.07) is 2.74. The smallest absolute Gasteiger partial charge is 0.254 e. The van der Waals surface area contributed by atoms with Gasteiger partial charge in [-0.1, -0.05) is 0 Å². The number of carbonyl (C=O) groups is 2. The largest absolute Gasteiger partial charge is 0.368 e. The molecule has 2 amide bonds. The van der Waals surface area contributed by atoms with Crippen LogP contribution in [0.1, 0.15) is 23.2 Å². The number of rotatable bonds is 4. The van der Waals surface area contributed by atoms with Gasteiger partial charge >= 0.3 is 0 Å². The number of amides is 2. The molecule has 7 heteroatoms. The summed E-state index contributed by atoms with van der Waals surface area (Å²) in [5, 5.41) is 3.14. The zero-order valence-corrected chi connectivity index (χ0v) is 11.4. The molecule has 0 aromatic heterocycles. The molecule has 0 aliphatic carbocycles. The van der Waals surface area contributed by atoms with E-state index in [0.717, 1.165) is 31.5 Å². The Morgan fingerprint density at radius 3 is 2.67 bits per heavy atom. The van der Waals surface area contributed by atoms with Gasteiger partial charge in [-0.15, -0.1) is 0 Å². The Labute approximate surface area is 121 Å². The number of piperidine rings is 1.